The van der Waals surface area contributed by atoms with Crippen LogP contribution in [0.3, 0.4) is 0 Å². The molecule has 0 spiro atoms. The second-order valence-corrected chi connectivity index (χ2v) is 6.43. The van der Waals surface area contributed by atoms with Crippen molar-refractivity contribution in [3.63, 3.8) is 0 Å². The number of carbonyl (C=O) groups is 5. The lowest BCUT2D eigenvalue weighted by molar-refractivity contribution is -0.142. The SMILES string of the molecule is CC(NC(=O)C(N)CO)C(=O)NC(CC(N)=O)C(=O)NC(CCCCN)C(=O)O. The zero-order chi connectivity index (χ0) is 22.6. The van der Waals surface area contributed by atoms with Gasteiger partial charge in [0.2, 0.25) is 23.6 Å². The second-order valence-electron chi connectivity index (χ2n) is 6.43. The standard InChI is InChI=1S/C16H30N6O7/c1-8(20-14(26)9(18)7-23)13(25)22-11(6-12(19)24)15(27)21-10(16(28)29)4-2-3-5-17/h8-11,23H,2-7,17-18H2,1H3,(H2,19,24)(H,20,26)(H,21,27)(H,22,25)(H,28,29). The van der Waals surface area contributed by atoms with E-state index in [4.69, 9.17) is 22.3 Å². The van der Waals surface area contributed by atoms with Gasteiger partial charge in [0.1, 0.15) is 24.2 Å². The number of hydrogen-bond acceptors (Lipinski definition) is 8. The number of carboxylic acids is 1. The lowest BCUT2D eigenvalue weighted by atomic mass is 10.1. The van der Waals surface area contributed by atoms with Crippen molar-refractivity contribution < 1.29 is 34.2 Å². The highest BCUT2D eigenvalue weighted by Gasteiger charge is 2.29. The second kappa shape index (κ2) is 13.4. The molecule has 166 valence electrons. The number of carbonyl (C=O) groups excluding carboxylic acids is 4. The Balaban J connectivity index is 5.06. The van der Waals surface area contributed by atoms with Crippen LogP contribution < -0.4 is 33.2 Å². The van der Waals surface area contributed by atoms with Crippen LogP contribution in [0.25, 0.3) is 0 Å². The Morgan fingerprint density at radius 1 is 0.931 bits per heavy atom. The van der Waals surface area contributed by atoms with Crippen LogP contribution in [0.15, 0.2) is 0 Å². The molecule has 0 aliphatic rings. The summed E-state index contributed by atoms with van der Waals surface area (Å²) >= 11 is 0. The number of carboxylic acid groups (broad SMARTS) is 1. The van der Waals surface area contributed by atoms with Crippen molar-refractivity contribution in [3.05, 3.63) is 0 Å². The minimum Gasteiger partial charge on any atom is -0.480 e. The molecule has 29 heavy (non-hydrogen) atoms. The van der Waals surface area contributed by atoms with Crippen LogP contribution in [0, 0.1) is 0 Å². The van der Waals surface area contributed by atoms with Crippen LogP contribution in [0.4, 0.5) is 0 Å². The Morgan fingerprint density at radius 2 is 1.52 bits per heavy atom. The number of aliphatic carboxylic acids is 1. The van der Waals surface area contributed by atoms with E-state index < -0.39 is 66.8 Å². The van der Waals surface area contributed by atoms with Gasteiger partial charge in [-0.25, -0.2) is 4.79 Å². The maximum Gasteiger partial charge on any atom is 0.326 e. The third-order valence-corrected chi connectivity index (χ3v) is 3.89. The zero-order valence-electron chi connectivity index (χ0n) is 16.2. The van der Waals surface area contributed by atoms with Crippen molar-refractivity contribution >= 4 is 29.6 Å². The fourth-order valence-corrected chi connectivity index (χ4v) is 2.20. The largest absolute Gasteiger partial charge is 0.480 e. The summed E-state index contributed by atoms with van der Waals surface area (Å²) in [6.07, 6.45) is 0.549. The average Bonchev–Trinajstić information content (AvgIpc) is 2.65. The Hall–Kier alpha value is -2.77. The highest BCUT2D eigenvalue weighted by atomic mass is 16.4. The molecule has 0 aromatic rings. The van der Waals surface area contributed by atoms with Gasteiger partial charge >= 0.3 is 5.97 Å². The van der Waals surface area contributed by atoms with Crippen LogP contribution >= 0.6 is 0 Å². The smallest absolute Gasteiger partial charge is 0.326 e. The monoisotopic (exact) mass is 418 g/mol. The van der Waals surface area contributed by atoms with Gasteiger partial charge in [-0.2, -0.15) is 0 Å². The van der Waals surface area contributed by atoms with Crippen molar-refractivity contribution in [1.29, 1.82) is 0 Å². The fraction of sp³-hybridized carbons (Fsp3) is 0.688. The van der Waals surface area contributed by atoms with Gasteiger partial charge in [0, 0.05) is 0 Å². The lowest BCUT2D eigenvalue weighted by Gasteiger charge is -2.23. The number of aliphatic hydroxyl groups is 1. The molecule has 4 atom stereocenters. The van der Waals surface area contributed by atoms with Crippen molar-refractivity contribution in [1.82, 2.24) is 16.0 Å². The quantitative estimate of drug-likeness (QED) is 0.128. The zero-order valence-corrected chi connectivity index (χ0v) is 16.2. The Morgan fingerprint density at radius 3 is 2.00 bits per heavy atom. The average molecular weight is 418 g/mol. The van der Waals surface area contributed by atoms with Crippen molar-refractivity contribution in [3.8, 4) is 0 Å². The number of primary amides is 1. The first-order valence-corrected chi connectivity index (χ1v) is 9.02. The summed E-state index contributed by atoms with van der Waals surface area (Å²) < 4.78 is 0. The van der Waals surface area contributed by atoms with Crippen molar-refractivity contribution in [2.45, 2.75) is 56.8 Å². The van der Waals surface area contributed by atoms with Gasteiger partial charge in [-0.05, 0) is 32.7 Å². The third kappa shape index (κ3) is 10.4. The molecule has 0 fully saturated rings. The molecule has 0 rings (SSSR count). The minimum absolute atomic E-state index is 0.112. The van der Waals surface area contributed by atoms with E-state index in [-0.39, 0.29) is 6.42 Å². The van der Waals surface area contributed by atoms with Gasteiger partial charge in [-0.15, -0.1) is 0 Å². The molecule has 0 saturated carbocycles. The van der Waals surface area contributed by atoms with Crippen LogP contribution in [0.5, 0.6) is 0 Å². The molecule has 0 radical (unpaired) electrons. The van der Waals surface area contributed by atoms with Gasteiger partial charge in [0.05, 0.1) is 13.0 Å². The van der Waals surface area contributed by atoms with E-state index >= 15 is 0 Å². The molecule has 4 unspecified atom stereocenters. The van der Waals surface area contributed by atoms with E-state index in [1.54, 1.807) is 0 Å². The first-order chi connectivity index (χ1) is 13.5. The molecule has 0 heterocycles. The van der Waals surface area contributed by atoms with E-state index in [0.717, 1.165) is 0 Å². The van der Waals surface area contributed by atoms with Gasteiger partial charge in [-0.1, -0.05) is 0 Å². The summed E-state index contributed by atoms with van der Waals surface area (Å²) in [6.45, 7) is 1.03. The van der Waals surface area contributed by atoms with Gasteiger partial charge in [0.15, 0.2) is 0 Å². The molecule has 13 nitrogen and oxygen atoms in total. The molecule has 0 aromatic heterocycles. The molecular formula is C16H30N6O7. The minimum atomic E-state index is -1.44. The summed E-state index contributed by atoms with van der Waals surface area (Å²) in [4.78, 5) is 58.8. The number of amides is 4. The summed E-state index contributed by atoms with van der Waals surface area (Å²) in [5.74, 6) is -4.72. The van der Waals surface area contributed by atoms with E-state index in [1.165, 1.54) is 6.92 Å². The summed E-state index contributed by atoms with van der Waals surface area (Å²) in [7, 11) is 0. The normalized spacial score (nSPS) is 14.8. The molecule has 0 bridgehead atoms. The number of nitrogens with two attached hydrogens (primary N) is 3. The van der Waals surface area contributed by atoms with E-state index in [9.17, 15) is 29.1 Å². The molecule has 0 aliphatic carbocycles. The molecule has 0 aromatic carbocycles. The Kier molecular flexibility index (Phi) is 12.1. The number of hydrogen-bond donors (Lipinski definition) is 8. The van der Waals surface area contributed by atoms with Crippen LogP contribution in [-0.2, 0) is 24.0 Å². The summed E-state index contributed by atoms with van der Waals surface area (Å²) in [6, 6.07) is -5.06. The summed E-state index contributed by atoms with van der Waals surface area (Å²) in [5.41, 5.74) is 15.8. The molecule has 0 saturated heterocycles. The van der Waals surface area contributed by atoms with Crippen LogP contribution in [-0.4, -0.2) is 77.1 Å². The number of aliphatic hydroxyl groups excluding tert-OH is 1. The molecular weight excluding hydrogens is 388 g/mol. The number of rotatable bonds is 14. The van der Waals surface area contributed by atoms with Crippen molar-refractivity contribution in [2.75, 3.05) is 13.2 Å². The van der Waals surface area contributed by atoms with Crippen LogP contribution in [0.1, 0.15) is 32.6 Å². The van der Waals surface area contributed by atoms with Gasteiger partial charge < -0.3 is 43.4 Å². The highest BCUT2D eigenvalue weighted by Crippen LogP contribution is 2.03. The topological polar surface area (TPSA) is 240 Å². The maximum atomic E-state index is 12.4. The van der Waals surface area contributed by atoms with Crippen LogP contribution in [0.2, 0.25) is 0 Å². The highest BCUT2D eigenvalue weighted by molar-refractivity contribution is 5.95. The summed E-state index contributed by atoms with van der Waals surface area (Å²) in [5, 5.41) is 24.8. The molecule has 11 N–H and O–H groups in total. The van der Waals surface area contributed by atoms with Crippen molar-refractivity contribution in [2.24, 2.45) is 17.2 Å². The first kappa shape index (κ1) is 26.2. The maximum absolute atomic E-state index is 12.4. The van der Waals surface area contributed by atoms with E-state index in [2.05, 4.69) is 16.0 Å². The molecule has 13 heteroatoms. The van der Waals surface area contributed by atoms with Gasteiger partial charge in [0.25, 0.3) is 0 Å². The Labute approximate surface area is 167 Å². The molecule has 4 amide bonds. The number of unbranched alkanes of at least 4 members (excludes halogenated alkanes) is 1. The first-order valence-electron chi connectivity index (χ1n) is 9.02. The lowest BCUT2D eigenvalue weighted by Crippen LogP contribution is -2.57. The molecule has 0 aliphatic heterocycles. The number of nitrogens with one attached hydrogen (secondary N) is 3. The van der Waals surface area contributed by atoms with E-state index in [0.29, 0.717) is 19.4 Å². The fourth-order valence-electron chi connectivity index (χ4n) is 2.20. The van der Waals surface area contributed by atoms with E-state index in [1.807, 2.05) is 0 Å². The predicted octanol–water partition coefficient (Wildman–Crippen LogP) is -4.13. The Bertz CT molecular complexity index is 600. The predicted molar refractivity (Wildman–Crippen MR) is 101 cm³/mol. The van der Waals surface area contributed by atoms with Gasteiger partial charge in [-0.3, -0.25) is 19.2 Å². The third-order valence-electron chi connectivity index (χ3n) is 3.89.